The summed E-state index contributed by atoms with van der Waals surface area (Å²) < 4.78 is 9.13. The summed E-state index contributed by atoms with van der Waals surface area (Å²) in [5.41, 5.74) is 7.28. The van der Waals surface area contributed by atoms with Crippen molar-refractivity contribution in [2.45, 2.75) is 25.9 Å². The Morgan fingerprint density at radius 3 is 2.86 bits per heavy atom. The largest absolute Gasteiger partial charge is 0.479 e. The van der Waals surface area contributed by atoms with E-state index in [9.17, 15) is 0 Å². The molecular weight excluding hydrogens is 270 g/mol. The molecule has 0 spiro atoms. The number of nitrogen functional groups attached to an aromatic ring is 1. The second-order valence-corrected chi connectivity index (χ2v) is 4.68. The van der Waals surface area contributed by atoms with Gasteiger partial charge in [0.05, 0.1) is 13.4 Å². The topological polar surface area (TPSA) is 96.7 Å². The molecule has 3 heterocycles. The number of imidazole rings is 2. The highest BCUT2D eigenvalue weighted by molar-refractivity contribution is 5.78. The highest BCUT2D eigenvalue weighted by Crippen LogP contribution is 2.22. The molecule has 21 heavy (non-hydrogen) atoms. The van der Waals surface area contributed by atoms with Gasteiger partial charge in [-0.3, -0.25) is 4.57 Å². The second kappa shape index (κ2) is 5.78. The first-order valence-electron chi connectivity index (χ1n) is 6.76. The first-order valence-corrected chi connectivity index (χ1v) is 6.76. The van der Waals surface area contributed by atoms with Crippen LogP contribution in [0.2, 0.25) is 0 Å². The average molecular weight is 287 g/mol. The van der Waals surface area contributed by atoms with Gasteiger partial charge in [0.1, 0.15) is 6.33 Å². The molecule has 0 aromatic carbocycles. The van der Waals surface area contributed by atoms with Crippen LogP contribution in [0.3, 0.4) is 0 Å². The number of aromatic nitrogens is 6. The third-order valence-corrected chi connectivity index (χ3v) is 3.33. The highest BCUT2D eigenvalue weighted by atomic mass is 16.5. The molecule has 3 rings (SSSR count). The Balaban J connectivity index is 1.70. The molecule has 0 saturated heterocycles. The van der Waals surface area contributed by atoms with Crippen molar-refractivity contribution in [3.05, 3.63) is 25.0 Å². The van der Waals surface area contributed by atoms with E-state index >= 15 is 0 Å². The number of methoxy groups -OCH3 is 1. The Kier molecular flexibility index (Phi) is 3.67. The number of hydrogen-bond donors (Lipinski definition) is 1. The summed E-state index contributed by atoms with van der Waals surface area (Å²) in [6, 6.07) is 0. The zero-order chi connectivity index (χ0) is 14.7. The van der Waals surface area contributed by atoms with Crippen molar-refractivity contribution in [2.24, 2.45) is 0 Å². The van der Waals surface area contributed by atoms with Crippen molar-refractivity contribution in [1.29, 1.82) is 0 Å². The lowest BCUT2D eigenvalue weighted by atomic mass is 10.3. The predicted octanol–water partition coefficient (Wildman–Crippen LogP) is 1.09. The maximum atomic E-state index is 5.97. The van der Waals surface area contributed by atoms with Crippen LogP contribution in [0, 0.1) is 0 Å². The molecule has 0 bridgehead atoms. The molecule has 0 aliphatic carbocycles. The maximum absolute atomic E-state index is 5.97. The summed E-state index contributed by atoms with van der Waals surface area (Å²) in [6.45, 7) is 1.70. The van der Waals surface area contributed by atoms with Crippen molar-refractivity contribution in [3.8, 4) is 5.88 Å². The molecule has 0 saturated carbocycles. The quantitative estimate of drug-likeness (QED) is 0.682. The van der Waals surface area contributed by atoms with E-state index in [-0.39, 0.29) is 0 Å². The van der Waals surface area contributed by atoms with E-state index in [0.717, 1.165) is 25.9 Å². The first-order chi connectivity index (χ1) is 10.3. The lowest BCUT2D eigenvalue weighted by Crippen LogP contribution is -2.05. The minimum absolute atomic E-state index is 0.437. The number of anilines is 1. The number of ether oxygens (including phenoxy) is 1. The Bertz CT molecular complexity index is 720. The third kappa shape index (κ3) is 2.64. The zero-order valence-corrected chi connectivity index (χ0v) is 11.8. The normalized spacial score (nSPS) is 11.1. The molecule has 0 aliphatic rings. The molecule has 0 unspecified atom stereocenters. The van der Waals surface area contributed by atoms with Gasteiger partial charge in [0.2, 0.25) is 11.8 Å². The van der Waals surface area contributed by atoms with Crippen LogP contribution >= 0.6 is 0 Å². The Morgan fingerprint density at radius 2 is 2.10 bits per heavy atom. The number of nitrogens with two attached hydrogens (primary N) is 1. The van der Waals surface area contributed by atoms with Crippen molar-refractivity contribution >= 4 is 17.1 Å². The zero-order valence-electron chi connectivity index (χ0n) is 11.8. The van der Waals surface area contributed by atoms with Crippen LogP contribution in [-0.2, 0) is 13.1 Å². The Labute approximate surface area is 121 Å². The molecule has 3 aromatic rings. The van der Waals surface area contributed by atoms with Gasteiger partial charge in [-0.2, -0.15) is 4.98 Å². The van der Waals surface area contributed by atoms with Gasteiger partial charge in [-0.05, 0) is 12.8 Å². The summed E-state index contributed by atoms with van der Waals surface area (Å²) in [7, 11) is 1.56. The monoisotopic (exact) mass is 287 g/mol. The number of fused-ring (bicyclic) bond motifs is 1. The smallest absolute Gasteiger partial charge is 0.245 e. The molecule has 0 aliphatic heterocycles. The molecule has 8 heteroatoms. The number of unbranched alkanes of at least 4 members (excludes halogenated alkanes) is 1. The van der Waals surface area contributed by atoms with Crippen LogP contribution < -0.4 is 10.5 Å². The average Bonchev–Trinajstić information content (AvgIpc) is 3.11. The van der Waals surface area contributed by atoms with E-state index in [4.69, 9.17) is 10.5 Å². The van der Waals surface area contributed by atoms with Crippen molar-refractivity contribution < 1.29 is 4.74 Å². The highest BCUT2D eigenvalue weighted by Gasteiger charge is 2.13. The van der Waals surface area contributed by atoms with Crippen molar-refractivity contribution in [1.82, 2.24) is 29.1 Å². The molecule has 0 atom stereocenters. The molecule has 110 valence electrons. The van der Waals surface area contributed by atoms with Gasteiger partial charge >= 0.3 is 0 Å². The predicted molar refractivity (Wildman–Crippen MR) is 77.7 cm³/mol. The summed E-state index contributed by atoms with van der Waals surface area (Å²) in [5, 5.41) is 0. The molecule has 0 radical (unpaired) electrons. The number of rotatable bonds is 6. The van der Waals surface area contributed by atoms with Crippen LogP contribution in [-0.4, -0.2) is 36.2 Å². The minimum Gasteiger partial charge on any atom is -0.479 e. The van der Waals surface area contributed by atoms with E-state index in [1.807, 2.05) is 17.1 Å². The van der Waals surface area contributed by atoms with E-state index in [2.05, 4.69) is 24.5 Å². The summed E-state index contributed by atoms with van der Waals surface area (Å²) in [5.74, 6) is 0.885. The summed E-state index contributed by atoms with van der Waals surface area (Å²) in [4.78, 5) is 16.6. The van der Waals surface area contributed by atoms with Gasteiger partial charge in [0, 0.05) is 25.5 Å². The molecule has 2 N–H and O–H groups in total. The second-order valence-electron chi connectivity index (χ2n) is 4.68. The number of nitrogens with zero attached hydrogens (tertiary/aromatic N) is 6. The van der Waals surface area contributed by atoms with Gasteiger partial charge in [0.15, 0.2) is 11.2 Å². The molecular formula is C13H17N7O. The van der Waals surface area contributed by atoms with E-state index < -0.39 is 0 Å². The summed E-state index contributed by atoms with van der Waals surface area (Å²) >= 11 is 0. The van der Waals surface area contributed by atoms with Gasteiger partial charge in [-0.15, -0.1) is 0 Å². The SMILES string of the molecule is COc1ncnc2c1nc(N)n2CCCCn1ccnc1. The first kappa shape index (κ1) is 13.3. The number of hydrogen-bond acceptors (Lipinski definition) is 6. The third-order valence-electron chi connectivity index (χ3n) is 3.33. The van der Waals surface area contributed by atoms with Crippen molar-refractivity contribution in [2.75, 3.05) is 12.8 Å². The standard InChI is InChI=1S/C13H17N7O/c1-21-12-10-11(16-8-17-12)20(13(14)18-10)6-3-2-5-19-7-4-15-9-19/h4,7-9H,2-3,5-6H2,1H3,(H2,14,18). The molecule has 3 aromatic heterocycles. The van der Waals surface area contributed by atoms with Gasteiger partial charge in [-0.1, -0.05) is 0 Å². The van der Waals surface area contributed by atoms with Gasteiger partial charge in [0.25, 0.3) is 0 Å². The van der Waals surface area contributed by atoms with Crippen LogP contribution in [0.1, 0.15) is 12.8 Å². The molecule has 0 fully saturated rings. The van der Waals surface area contributed by atoms with Crippen LogP contribution in [0.15, 0.2) is 25.0 Å². The van der Waals surface area contributed by atoms with Gasteiger partial charge < -0.3 is 15.0 Å². The Hall–Kier alpha value is -2.64. The maximum Gasteiger partial charge on any atom is 0.245 e. The lowest BCUT2D eigenvalue weighted by Gasteiger charge is -2.06. The summed E-state index contributed by atoms with van der Waals surface area (Å²) in [6.07, 6.45) is 9.02. The molecule has 0 amide bonds. The van der Waals surface area contributed by atoms with Crippen LogP contribution in [0.4, 0.5) is 5.95 Å². The Morgan fingerprint density at radius 1 is 1.24 bits per heavy atom. The number of aryl methyl sites for hydroxylation is 2. The van der Waals surface area contributed by atoms with Gasteiger partial charge in [-0.25, -0.2) is 15.0 Å². The minimum atomic E-state index is 0.437. The van der Waals surface area contributed by atoms with E-state index in [0.29, 0.717) is 23.0 Å². The van der Waals surface area contributed by atoms with E-state index in [1.165, 1.54) is 6.33 Å². The lowest BCUT2D eigenvalue weighted by molar-refractivity contribution is 0.401. The van der Waals surface area contributed by atoms with Crippen LogP contribution in [0.25, 0.3) is 11.2 Å². The molecule has 8 nitrogen and oxygen atoms in total. The fourth-order valence-corrected chi connectivity index (χ4v) is 2.29. The van der Waals surface area contributed by atoms with E-state index in [1.54, 1.807) is 13.3 Å². The fraction of sp³-hybridized carbons (Fsp3) is 0.385. The fourth-order valence-electron chi connectivity index (χ4n) is 2.29. The van der Waals surface area contributed by atoms with Crippen LogP contribution in [0.5, 0.6) is 5.88 Å². The van der Waals surface area contributed by atoms with Crippen molar-refractivity contribution in [3.63, 3.8) is 0 Å².